The number of pyridine rings is 1. The lowest BCUT2D eigenvalue weighted by molar-refractivity contribution is -0.137. The van der Waals surface area contributed by atoms with E-state index in [9.17, 15) is 19.6 Å². The van der Waals surface area contributed by atoms with E-state index in [1.165, 1.54) is 4.90 Å². The molecule has 1 amide bonds. The van der Waals surface area contributed by atoms with Crippen LogP contribution in [0, 0.1) is 18.3 Å². The van der Waals surface area contributed by atoms with Crippen LogP contribution in [0.2, 0.25) is 0 Å². The van der Waals surface area contributed by atoms with Crippen LogP contribution in [0.5, 0.6) is 0 Å². The molecule has 1 aromatic rings. The summed E-state index contributed by atoms with van der Waals surface area (Å²) in [5.74, 6) is -0.715. The molecule has 1 N–H and O–H groups in total. The zero-order chi connectivity index (χ0) is 24.1. The molecule has 0 saturated carbocycles. The molecule has 2 aliphatic rings. The first kappa shape index (κ1) is 25.0. The van der Waals surface area contributed by atoms with Crippen LogP contribution in [0.4, 0.5) is 5.82 Å². The fourth-order valence-electron chi connectivity index (χ4n) is 3.81. The second kappa shape index (κ2) is 11.0. The van der Waals surface area contributed by atoms with E-state index in [4.69, 9.17) is 22.1 Å². The van der Waals surface area contributed by atoms with Gasteiger partial charge >= 0.3 is 5.97 Å². The second-order valence-electron chi connectivity index (χ2n) is 7.74. The molecule has 0 aliphatic carbocycles. The molecule has 3 rings (SSSR count). The van der Waals surface area contributed by atoms with Gasteiger partial charge in [0.1, 0.15) is 21.8 Å². The summed E-state index contributed by atoms with van der Waals surface area (Å²) in [7, 11) is 0. The highest BCUT2D eigenvalue weighted by Gasteiger charge is 2.33. The minimum absolute atomic E-state index is 0.00785. The standard InChI is InChI=1S/C22H26N4O5S2/c1-3-4-6-25-19(24-8-10-31-11-9-24)15(14(2)16(13-23)20(25)29)12-17-21(30)26(22(32)33-17)7-5-18(27)28/h12H,3-11H2,1-2H3,(H,27,28)/b17-12-. The Morgan fingerprint density at radius 3 is 2.61 bits per heavy atom. The number of anilines is 1. The Morgan fingerprint density at radius 2 is 2.00 bits per heavy atom. The Hall–Kier alpha value is -2.68. The minimum Gasteiger partial charge on any atom is -0.481 e. The molecule has 33 heavy (non-hydrogen) atoms. The summed E-state index contributed by atoms with van der Waals surface area (Å²) in [5.41, 5.74) is 0.849. The van der Waals surface area contributed by atoms with Crippen molar-refractivity contribution in [2.75, 3.05) is 37.7 Å². The number of nitrogens with zero attached hydrogens (tertiary/aromatic N) is 4. The molecule has 9 nitrogen and oxygen atoms in total. The molecule has 2 aliphatic heterocycles. The van der Waals surface area contributed by atoms with E-state index in [1.54, 1.807) is 17.6 Å². The molecule has 2 fully saturated rings. The number of carboxylic acid groups (broad SMARTS) is 1. The Bertz CT molecular complexity index is 1100. The minimum atomic E-state index is -1.01. The Balaban J connectivity index is 2.16. The number of carboxylic acids is 1. The zero-order valence-corrected chi connectivity index (χ0v) is 20.3. The maximum Gasteiger partial charge on any atom is 0.305 e. The van der Waals surface area contributed by atoms with Gasteiger partial charge in [-0.1, -0.05) is 37.3 Å². The Labute approximate surface area is 201 Å². The maximum absolute atomic E-state index is 13.2. The molecule has 0 bridgehead atoms. The van der Waals surface area contributed by atoms with Gasteiger partial charge < -0.3 is 14.7 Å². The number of unbranched alkanes of at least 4 members (excludes halogenated alkanes) is 1. The van der Waals surface area contributed by atoms with Gasteiger partial charge in [-0.3, -0.25) is 23.9 Å². The molecule has 2 saturated heterocycles. The van der Waals surface area contributed by atoms with Crippen molar-refractivity contribution in [3.05, 3.63) is 31.9 Å². The van der Waals surface area contributed by atoms with Gasteiger partial charge in [0.05, 0.1) is 24.5 Å². The van der Waals surface area contributed by atoms with Gasteiger partial charge in [0.2, 0.25) is 0 Å². The van der Waals surface area contributed by atoms with Crippen LogP contribution < -0.4 is 10.5 Å². The topological polar surface area (TPSA) is 116 Å². The second-order valence-corrected chi connectivity index (χ2v) is 9.41. The normalized spacial score (nSPS) is 17.7. The van der Waals surface area contributed by atoms with E-state index in [-0.39, 0.29) is 34.3 Å². The highest BCUT2D eigenvalue weighted by molar-refractivity contribution is 8.26. The van der Waals surface area contributed by atoms with Gasteiger partial charge in [-0.15, -0.1) is 0 Å². The molecule has 0 spiro atoms. The molecule has 0 unspecified atom stereocenters. The monoisotopic (exact) mass is 490 g/mol. The summed E-state index contributed by atoms with van der Waals surface area (Å²) < 4.78 is 7.41. The first-order chi connectivity index (χ1) is 15.8. The number of nitriles is 1. The lowest BCUT2D eigenvalue weighted by Gasteiger charge is -2.33. The number of thiocarbonyl (C=S) groups is 1. The number of ether oxygens (including phenoxy) is 1. The molecule has 0 radical (unpaired) electrons. The number of hydrogen-bond acceptors (Lipinski definition) is 8. The quantitative estimate of drug-likeness (QED) is 0.433. The number of aliphatic carboxylic acids is 1. The van der Waals surface area contributed by atoms with Crippen molar-refractivity contribution in [3.8, 4) is 6.07 Å². The predicted molar refractivity (Wildman–Crippen MR) is 130 cm³/mol. The van der Waals surface area contributed by atoms with Gasteiger partial charge in [-0.05, 0) is 25.0 Å². The van der Waals surface area contributed by atoms with Crippen molar-refractivity contribution < 1.29 is 19.4 Å². The van der Waals surface area contributed by atoms with Crippen molar-refractivity contribution in [2.24, 2.45) is 0 Å². The third kappa shape index (κ3) is 5.29. The third-order valence-corrected chi connectivity index (χ3v) is 6.97. The van der Waals surface area contributed by atoms with E-state index in [0.717, 1.165) is 24.6 Å². The van der Waals surface area contributed by atoms with Crippen molar-refractivity contribution >= 4 is 52.1 Å². The van der Waals surface area contributed by atoms with Crippen LogP contribution in [0.25, 0.3) is 6.08 Å². The van der Waals surface area contributed by atoms with Crippen LogP contribution in [0.15, 0.2) is 9.70 Å². The van der Waals surface area contributed by atoms with E-state index in [2.05, 4.69) is 4.90 Å². The molecule has 0 aromatic carbocycles. The largest absolute Gasteiger partial charge is 0.481 e. The number of thioether (sulfide) groups is 1. The summed E-state index contributed by atoms with van der Waals surface area (Å²) in [5, 5.41) is 18.7. The SMILES string of the molecule is CCCCn1c(N2CCOCC2)c(/C=C2\SC(=S)N(CCC(=O)O)C2=O)c(C)c(C#N)c1=O. The Morgan fingerprint density at radius 1 is 1.30 bits per heavy atom. The van der Waals surface area contributed by atoms with E-state index >= 15 is 0 Å². The first-order valence-corrected chi connectivity index (χ1v) is 12.0. The number of rotatable bonds is 8. The summed E-state index contributed by atoms with van der Waals surface area (Å²) in [4.78, 5) is 40.8. The van der Waals surface area contributed by atoms with Crippen molar-refractivity contribution in [1.82, 2.24) is 9.47 Å². The fraction of sp³-hybridized carbons (Fsp3) is 0.500. The number of carbonyl (C=O) groups excluding carboxylic acids is 1. The highest BCUT2D eigenvalue weighted by atomic mass is 32.2. The van der Waals surface area contributed by atoms with Crippen LogP contribution in [0.1, 0.15) is 42.9 Å². The average Bonchev–Trinajstić information content (AvgIpc) is 3.06. The van der Waals surface area contributed by atoms with Crippen LogP contribution in [-0.2, 0) is 20.9 Å². The number of morpholine rings is 1. The molecule has 3 heterocycles. The van der Waals surface area contributed by atoms with Gasteiger partial charge in [0.25, 0.3) is 11.5 Å². The zero-order valence-electron chi connectivity index (χ0n) is 18.6. The summed E-state index contributed by atoms with van der Waals surface area (Å²) in [6.07, 6.45) is 3.12. The summed E-state index contributed by atoms with van der Waals surface area (Å²) >= 11 is 6.40. The van der Waals surface area contributed by atoms with Gasteiger partial charge in [0, 0.05) is 31.7 Å². The van der Waals surface area contributed by atoms with Gasteiger partial charge in [-0.2, -0.15) is 5.26 Å². The molecule has 0 atom stereocenters. The number of carbonyl (C=O) groups is 2. The lowest BCUT2D eigenvalue weighted by atomic mass is 10.0. The number of amides is 1. The van der Waals surface area contributed by atoms with Gasteiger partial charge in [-0.25, -0.2) is 0 Å². The average molecular weight is 491 g/mol. The highest BCUT2D eigenvalue weighted by Crippen LogP contribution is 2.36. The van der Waals surface area contributed by atoms with Crippen molar-refractivity contribution in [1.29, 1.82) is 5.26 Å². The number of aromatic nitrogens is 1. The molecule has 1 aromatic heterocycles. The summed E-state index contributed by atoms with van der Waals surface area (Å²) in [6.45, 7) is 6.38. The van der Waals surface area contributed by atoms with Crippen LogP contribution in [0.3, 0.4) is 0 Å². The van der Waals surface area contributed by atoms with E-state index in [1.807, 2.05) is 13.0 Å². The third-order valence-electron chi connectivity index (χ3n) is 5.59. The fourth-order valence-corrected chi connectivity index (χ4v) is 5.11. The first-order valence-electron chi connectivity index (χ1n) is 10.8. The predicted octanol–water partition coefficient (Wildman–Crippen LogP) is 2.34. The Kier molecular flexibility index (Phi) is 8.29. The smallest absolute Gasteiger partial charge is 0.305 e. The van der Waals surface area contributed by atoms with E-state index in [0.29, 0.717) is 54.7 Å². The van der Waals surface area contributed by atoms with Crippen molar-refractivity contribution in [3.63, 3.8) is 0 Å². The van der Waals surface area contributed by atoms with Crippen LogP contribution >= 0.6 is 24.0 Å². The maximum atomic E-state index is 13.2. The number of hydrogen-bond donors (Lipinski definition) is 1. The molecular weight excluding hydrogens is 464 g/mol. The molecular formula is C22H26N4O5S2. The van der Waals surface area contributed by atoms with Gasteiger partial charge in [0.15, 0.2) is 0 Å². The molecule has 11 heteroatoms. The lowest BCUT2D eigenvalue weighted by Crippen LogP contribution is -2.41. The van der Waals surface area contributed by atoms with Crippen molar-refractivity contribution in [2.45, 2.75) is 39.7 Å². The molecule has 176 valence electrons. The van der Waals surface area contributed by atoms with Crippen LogP contribution in [-0.4, -0.2) is 63.6 Å². The summed E-state index contributed by atoms with van der Waals surface area (Å²) in [6, 6.07) is 2.04. The van der Waals surface area contributed by atoms with E-state index < -0.39 is 5.97 Å².